The van der Waals surface area contributed by atoms with Gasteiger partial charge in [0.15, 0.2) is 5.78 Å². The lowest BCUT2D eigenvalue weighted by Crippen LogP contribution is -2.27. The second kappa shape index (κ2) is 7.55. The van der Waals surface area contributed by atoms with Gasteiger partial charge >= 0.3 is 12.1 Å². The van der Waals surface area contributed by atoms with Gasteiger partial charge in [0.1, 0.15) is 6.61 Å². The lowest BCUT2D eigenvalue weighted by molar-refractivity contribution is -0.147. The predicted molar refractivity (Wildman–Crippen MR) is 72.9 cm³/mol. The fraction of sp³-hybridized carbons (Fsp3) is 0.385. The molecule has 128 valence electrons. The number of Topliss-reactive ketones (excluding diaryl/α,β-unsaturated/α-hetero) is 1. The Morgan fingerprint density at radius 3 is 2.48 bits per heavy atom. The number of hydrogen-bond donors (Lipinski definition) is 1. The van der Waals surface area contributed by atoms with Crippen LogP contribution in [0.1, 0.15) is 18.9 Å². The number of hydrogen-bond acceptors (Lipinski definition) is 5. The SMILES string of the molecule is CC(=O)COC(=O)CCNS(=O)(=O)c1cccc(C(F)(F)F)c1. The molecule has 6 nitrogen and oxygen atoms in total. The van der Waals surface area contributed by atoms with Crippen molar-refractivity contribution in [2.75, 3.05) is 13.2 Å². The summed E-state index contributed by atoms with van der Waals surface area (Å²) in [5.74, 6) is -1.17. The van der Waals surface area contributed by atoms with Crippen LogP contribution in [-0.2, 0) is 30.5 Å². The van der Waals surface area contributed by atoms with Gasteiger partial charge in [-0.1, -0.05) is 6.07 Å². The minimum atomic E-state index is -4.66. The Bertz CT molecular complexity index is 685. The van der Waals surface area contributed by atoms with E-state index in [1.807, 2.05) is 4.72 Å². The molecule has 0 bridgehead atoms. The van der Waals surface area contributed by atoms with E-state index in [4.69, 9.17) is 0 Å². The van der Waals surface area contributed by atoms with Crippen LogP contribution in [0.2, 0.25) is 0 Å². The van der Waals surface area contributed by atoms with Gasteiger partial charge in [0, 0.05) is 6.54 Å². The average Bonchev–Trinajstić information content (AvgIpc) is 2.44. The van der Waals surface area contributed by atoms with Gasteiger partial charge in [0.05, 0.1) is 16.9 Å². The van der Waals surface area contributed by atoms with Gasteiger partial charge in [-0.3, -0.25) is 9.59 Å². The molecule has 1 aromatic rings. The lowest BCUT2D eigenvalue weighted by Gasteiger charge is -2.10. The van der Waals surface area contributed by atoms with Crippen LogP contribution in [0, 0.1) is 0 Å². The molecular weight excluding hydrogens is 339 g/mol. The van der Waals surface area contributed by atoms with Gasteiger partial charge in [0.25, 0.3) is 0 Å². The highest BCUT2D eigenvalue weighted by atomic mass is 32.2. The fourth-order valence-corrected chi connectivity index (χ4v) is 2.54. The van der Waals surface area contributed by atoms with Crippen molar-refractivity contribution < 1.29 is 35.9 Å². The Morgan fingerprint density at radius 2 is 1.91 bits per heavy atom. The maximum absolute atomic E-state index is 12.6. The van der Waals surface area contributed by atoms with E-state index in [0.717, 1.165) is 18.2 Å². The van der Waals surface area contributed by atoms with Crippen molar-refractivity contribution in [2.45, 2.75) is 24.4 Å². The Morgan fingerprint density at radius 1 is 1.26 bits per heavy atom. The van der Waals surface area contributed by atoms with Crippen LogP contribution in [-0.4, -0.2) is 33.3 Å². The average molecular weight is 353 g/mol. The first-order valence-corrected chi connectivity index (χ1v) is 7.82. The molecule has 23 heavy (non-hydrogen) atoms. The van der Waals surface area contributed by atoms with E-state index >= 15 is 0 Å². The maximum atomic E-state index is 12.6. The molecule has 1 aromatic carbocycles. The fourth-order valence-electron chi connectivity index (χ4n) is 1.46. The van der Waals surface area contributed by atoms with Gasteiger partial charge in [-0.05, 0) is 25.1 Å². The molecule has 0 heterocycles. The quantitative estimate of drug-likeness (QED) is 0.751. The van der Waals surface area contributed by atoms with Crippen LogP contribution in [0.4, 0.5) is 13.2 Å². The van der Waals surface area contributed by atoms with Crippen LogP contribution >= 0.6 is 0 Å². The number of alkyl halides is 3. The third kappa shape index (κ3) is 6.37. The van der Waals surface area contributed by atoms with Crippen molar-refractivity contribution in [1.29, 1.82) is 0 Å². The molecule has 0 atom stereocenters. The molecule has 0 unspecified atom stereocenters. The van der Waals surface area contributed by atoms with Gasteiger partial charge in [-0.15, -0.1) is 0 Å². The number of sulfonamides is 1. The number of carbonyl (C=O) groups is 2. The zero-order valence-corrected chi connectivity index (χ0v) is 12.8. The molecular formula is C13H14F3NO5S. The summed E-state index contributed by atoms with van der Waals surface area (Å²) in [4.78, 5) is 21.2. The number of esters is 1. The first kappa shape index (κ1) is 19.1. The Kier molecular flexibility index (Phi) is 6.28. The smallest absolute Gasteiger partial charge is 0.416 e. The molecule has 0 spiro atoms. The summed E-state index contributed by atoms with van der Waals surface area (Å²) in [6.45, 7) is 0.429. The Labute approximate surface area is 130 Å². The number of ether oxygens (including phenoxy) is 1. The van der Waals surface area contributed by atoms with Crippen molar-refractivity contribution in [2.24, 2.45) is 0 Å². The van der Waals surface area contributed by atoms with Gasteiger partial charge in [-0.2, -0.15) is 13.2 Å². The van der Waals surface area contributed by atoms with Crippen molar-refractivity contribution in [1.82, 2.24) is 4.72 Å². The van der Waals surface area contributed by atoms with Gasteiger partial charge < -0.3 is 4.74 Å². The molecule has 1 rings (SSSR count). The molecule has 0 aliphatic carbocycles. The number of halogens is 3. The van der Waals surface area contributed by atoms with Crippen molar-refractivity contribution in [3.8, 4) is 0 Å². The summed E-state index contributed by atoms with van der Waals surface area (Å²) >= 11 is 0. The third-order valence-corrected chi connectivity index (χ3v) is 3.99. The van der Waals surface area contributed by atoms with E-state index in [-0.39, 0.29) is 18.7 Å². The molecule has 0 aromatic heterocycles. The summed E-state index contributed by atoms with van der Waals surface area (Å²) < 4.78 is 67.9. The maximum Gasteiger partial charge on any atom is 0.416 e. The topological polar surface area (TPSA) is 89.5 Å². The van der Waals surface area contributed by atoms with Crippen molar-refractivity contribution in [3.63, 3.8) is 0 Å². The van der Waals surface area contributed by atoms with E-state index in [2.05, 4.69) is 4.74 Å². The Balaban J connectivity index is 2.66. The second-order valence-electron chi connectivity index (χ2n) is 4.54. The van der Waals surface area contributed by atoms with Crippen molar-refractivity contribution >= 4 is 21.8 Å². The highest BCUT2D eigenvalue weighted by Gasteiger charge is 2.31. The van der Waals surface area contributed by atoms with Crippen LogP contribution in [0.15, 0.2) is 29.2 Å². The predicted octanol–water partition coefficient (Wildman–Crippen LogP) is 1.51. The molecule has 0 saturated carbocycles. The summed E-state index contributed by atoms with van der Waals surface area (Å²) in [5, 5.41) is 0. The van der Waals surface area contributed by atoms with E-state index in [9.17, 15) is 31.2 Å². The lowest BCUT2D eigenvalue weighted by atomic mass is 10.2. The van der Waals surface area contributed by atoms with E-state index in [1.165, 1.54) is 6.92 Å². The summed E-state index contributed by atoms with van der Waals surface area (Å²) in [7, 11) is -4.19. The zero-order chi connectivity index (χ0) is 17.7. The molecule has 1 N–H and O–H groups in total. The minimum Gasteiger partial charge on any atom is -0.458 e. The standard InChI is InChI=1S/C13H14F3NO5S/c1-9(18)8-22-12(19)5-6-17-23(20,21)11-4-2-3-10(7-11)13(14,15)16/h2-4,7,17H,5-6,8H2,1H3. The molecule has 0 aliphatic heterocycles. The van der Waals surface area contributed by atoms with Gasteiger partial charge in [-0.25, -0.2) is 13.1 Å². The molecule has 0 radical (unpaired) electrons. The first-order chi connectivity index (χ1) is 10.5. The van der Waals surface area contributed by atoms with Crippen LogP contribution in [0.5, 0.6) is 0 Å². The second-order valence-corrected chi connectivity index (χ2v) is 6.30. The summed E-state index contributed by atoms with van der Waals surface area (Å²) in [5.41, 5.74) is -1.10. The third-order valence-electron chi connectivity index (χ3n) is 2.53. The van der Waals surface area contributed by atoms with E-state index in [1.54, 1.807) is 0 Å². The number of carbonyl (C=O) groups excluding carboxylic acids is 2. The Hall–Kier alpha value is -1.94. The first-order valence-electron chi connectivity index (χ1n) is 6.34. The highest BCUT2D eigenvalue weighted by molar-refractivity contribution is 7.89. The zero-order valence-electron chi connectivity index (χ0n) is 12.0. The summed E-state index contributed by atoms with van der Waals surface area (Å²) in [6, 6.07) is 3.22. The van der Waals surface area contributed by atoms with E-state index < -0.39 is 39.2 Å². The summed E-state index contributed by atoms with van der Waals surface area (Å²) in [6.07, 6.45) is -5.02. The monoisotopic (exact) mass is 353 g/mol. The van der Waals surface area contributed by atoms with Crippen molar-refractivity contribution in [3.05, 3.63) is 29.8 Å². The molecule has 0 saturated heterocycles. The number of ketones is 1. The number of rotatable bonds is 7. The molecule has 0 amide bonds. The molecule has 10 heteroatoms. The van der Waals surface area contributed by atoms with Crippen LogP contribution in [0.25, 0.3) is 0 Å². The molecule has 0 fully saturated rings. The van der Waals surface area contributed by atoms with Crippen LogP contribution < -0.4 is 4.72 Å². The number of benzene rings is 1. The molecule has 0 aliphatic rings. The minimum absolute atomic E-state index is 0.356. The largest absolute Gasteiger partial charge is 0.458 e. The normalized spacial score (nSPS) is 12.0. The highest BCUT2D eigenvalue weighted by Crippen LogP contribution is 2.30. The van der Waals surface area contributed by atoms with E-state index in [0.29, 0.717) is 6.07 Å². The van der Waals surface area contributed by atoms with Crippen LogP contribution in [0.3, 0.4) is 0 Å². The number of nitrogens with one attached hydrogen (secondary N) is 1. The van der Waals surface area contributed by atoms with Gasteiger partial charge in [0.2, 0.25) is 10.0 Å².